The second kappa shape index (κ2) is 5.41. The zero-order chi connectivity index (χ0) is 16.6. The Hall–Kier alpha value is -3.42. The van der Waals surface area contributed by atoms with E-state index in [9.17, 15) is 14.9 Å². The molecule has 3 N–H and O–H groups in total. The van der Waals surface area contributed by atoms with Crippen molar-refractivity contribution in [2.24, 2.45) is 5.73 Å². The highest BCUT2D eigenvalue weighted by Crippen LogP contribution is 2.25. The van der Waals surface area contributed by atoms with Crippen LogP contribution in [0, 0.1) is 10.1 Å². The van der Waals surface area contributed by atoms with Gasteiger partial charge in [0.15, 0.2) is 5.70 Å². The van der Waals surface area contributed by atoms with E-state index in [1.807, 2.05) is 0 Å². The van der Waals surface area contributed by atoms with E-state index in [1.54, 1.807) is 37.4 Å². The topological polar surface area (TPSA) is 114 Å². The van der Waals surface area contributed by atoms with Crippen LogP contribution in [0.3, 0.4) is 0 Å². The highest BCUT2D eigenvalue weighted by molar-refractivity contribution is 6.08. The zero-order valence-electron chi connectivity index (χ0n) is 12.1. The summed E-state index contributed by atoms with van der Waals surface area (Å²) in [6, 6.07) is 9.46. The van der Waals surface area contributed by atoms with Crippen molar-refractivity contribution in [1.82, 2.24) is 5.32 Å². The van der Waals surface area contributed by atoms with Crippen molar-refractivity contribution in [2.75, 3.05) is 7.05 Å². The van der Waals surface area contributed by atoms with Crippen LogP contribution in [0.15, 0.2) is 46.5 Å². The molecule has 0 atom stereocenters. The summed E-state index contributed by atoms with van der Waals surface area (Å²) in [5, 5.41) is 13.2. The molecule has 0 unspecified atom stereocenters. The molecule has 0 saturated heterocycles. The molecule has 8 heteroatoms. The third kappa shape index (κ3) is 2.69. The first-order valence-electron chi connectivity index (χ1n) is 6.69. The van der Waals surface area contributed by atoms with Crippen molar-refractivity contribution in [3.8, 4) is 11.3 Å². The van der Waals surface area contributed by atoms with Crippen LogP contribution in [-0.4, -0.2) is 28.4 Å². The van der Waals surface area contributed by atoms with Gasteiger partial charge in [0.1, 0.15) is 11.5 Å². The van der Waals surface area contributed by atoms with Crippen molar-refractivity contribution in [3.05, 3.63) is 58.0 Å². The number of furan rings is 1. The van der Waals surface area contributed by atoms with Crippen molar-refractivity contribution in [2.45, 2.75) is 0 Å². The highest BCUT2D eigenvalue weighted by atomic mass is 16.6. The SMILES string of the molecule is C[N+]1=C(N)NC(=O)/C1=C/c1ccc(-c2ccc([N+](=O)[O-])cc2)o1. The summed E-state index contributed by atoms with van der Waals surface area (Å²) < 4.78 is 7.19. The predicted octanol–water partition coefficient (Wildman–Crippen LogP) is 1.28. The minimum absolute atomic E-state index is 0.0120. The van der Waals surface area contributed by atoms with Gasteiger partial charge in [0.25, 0.3) is 5.69 Å². The standard InChI is InChI=1S/C15H12N4O4/c1-18-12(14(20)17-15(18)16)8-11-6-7-13(23-11)9-2-4-10(5-3-9)19(21)22/h2-8H,1H3,(H2,16,17,20)/p+1/b12-8-. The van der Waals surface area contributed by atoms with Gasteiger partial charge in [0.2, 0.25) is 0 Å². The van der Waals surface area contributed by atoms with E-state index in [2.05, 4.69) is 5.32 Å². The Balaban J connectivity index is 1.89. The van der Waals surface area contributed by atoms with Crippen molar-refractivity contribution in [3.63, 3.8) is 0 Å². The van der Waals surface area contributed by atoms with Crippen LogP contribution in [0.25, 0.3) is 17.4 Å². The summed E-state index contributed by atoms with van der Waals surface area (Å²) in [6.45, 7) is 0. The number of nitro groups is 1. The lowest BCUT2D eigenvalue weighted by Crippen LogP contribution is -2.32. The number of non-ortho nitro benzene ring substituents is 1. The highest BCUT2D eigenvalue weighted by Gasteiger charge is 2.29. The summed E-state index contributed by atoms with van der Waals surface area (Å²) in [6.07, 6.45) is 1.57. The minimum Gasteiger partial charge on any atom is -0.457 e. The molecule has 1 aromatic heterocycles. The number of amides is 1. The molecule has 0 aliphatic carbocycles. The third-order valence-electron chi connectivity index (χ3n) is 3.47. The average molecular weight is 313 g/mol. The fraction of sp³-hybridized carbons (Fsp3) is 0.0667. The second-order valence-electron chi connectivity index (χ2n) is 4.93. The van der Waals surface area contributed by atoms with E-state index in [-0.39, 0.29) is 17.6 Å². The van der Waals surface area contributed by atoms with Crippen LogP contribution in [0.1, 0.15) is 5.76 Å². The summed E-state index contributed by atoms with van der Waals surface area (Å²) in [5.41, 5.74) is 6.72. The van der Waals surface area contributed by atoms with Gasteiger partial charge in [0, 0.05) is 23.8 Å². The monoisotopic (exact) mass is 313 g/mol. The number of carbonyl (C=O) groups is 1. The molecule has 1 aliphatic heterocycles. The lowest BCUT2D eigenvalue weighted by molar-refractivity contribution is -0.432. The van der Waals surface area contributed by atoms with Crippen molar-refractivity contribution >= 4 is 23.6 Å². The Morgan fingerprint density at radius 2 is 1.96 bits per heavy atom. The number of likely N-dealkylation sites (N-methyl/N-ethyl adjacent to an activating group) is 1. The molecular formula is C15H13N4O4+. The lowest BCUT2D eigenvalue weighted by atomic mass is 10.1. The molecule has 8 nitrogen and oxygen atoms in total. The number of carbonyl (C=O) groups excluding carboxylic acids is 1. The van der Waals surface area contributed by atoms with Gasteiger partial charge in [-0.2, -0.15) is 0 Å². The molecular weight excluding hydrogens is 300 g/mol. The van der Waals surface area contributed by atoms with E-state index in [1.165, 1.54) is 16.7 Å². The van der Waals surface area contributed by atoms with Crippen LogP contribution in [-0.2, 0) is 4.79 Å². The fourth-order valence-corrected chi connectivity index (χ4v) is 2.18. The van der Waals surface area contributed by atoms with Crippen LogP contribution < -0.4 is 11.1 Å². The first-order chi connectivity index (χ1) is 11.0. The van der Waals surface area contributed by atoms with E-state index < -0.39 is 4.92 Å². The maximum absolute atomic E-state index is 11.8. The van der Waals surface area contributed by atoms with Crippen molar-refractivity contribution < 1.29 is 18.7 Å². The van der Waals surface area contributed by atoms with E-state index >= 15 is 0 Å². The van der Waals surface area contributed by atoms with Crippen LogP contribution in [0.4, 0.5) is 5.69 Å². The predicted molar refractivity (Wildman–Crippen MR) is 82.3 cm³/mol. The molecule has 23 heavy (non-hydrogen) atoms. The number of rotatable bonds is 3. The second-order valence-corrected chi connectivity index (χ2v) is 4.93. The van der Waals surface area contributed by atoms with Crippen LogP contribution in [0.5, 0.6) is 0 Å². The van der Waals surface area contributed by atoms with Crippen molar-refractivity contribution in [1.29, 1.82) is 0 Å². The molecule has 0 spiro atoms. The smallest absolute Gasteiger partial charge is 0.356 e. The molecule has 1 aromatic carbocycles. The molecule has 1 aliphatic rings. The Morgan fingerprint density at radius 3 is 2.52 bits per heavy atom. The van der Waals surface area contributed by atoms with E-state index in [4.69, 9.17) is 10.2 Å². The van der Waals surface area contributed by atoms with Crippen LogP contribution >= 0.6 is 0 Å². The first kappa shape index (κ1) is 14.5. The molecule has 2 aromatic rings. The molecule has 0 fully saturated rings. The van der Waals surface area contributed by atoms with Gasteiger partial charge in [-0.1, -0.05) is 0 Å². The third-order valence-corrected chi connectivity index (χ3v) is 3.47. The molecule has 2 heterocycles. The largest absolute Gasteiger partial charge is 0.457 e. The lowest BCUT2D eigenvalue weighted by Gasteiger charge is -1.97. The summed E-state index contributed by atoms with van der Waals surface area (Å²) in [7, 11) is 1.67. The number of nitro benzene ring substituents is 1. The molecule has 0 bridgehead atoms. The number of nitrogens with zero attached hydrogens (tertiary/aromatic N) is 2. The number of guanidine groups is 1. The Bertz CT molecular complexity index is 862. The molecule has 1 amide bonds. The Kier molecular flexibility index (Phi) is 3.41. The maximum Gasteiger partial charge on any atom is 0.356 e. The van der Waals surface area contributed by atoms with Crippen LogP contribution in [0.2, 0.25) is 0 Å². The van der Waals surface area contributed by atoms with Gasteiger partial charge >= 0.3 is 11.9 Å². The van der Waals surface area contributed by atoms with Gasteiger partial charge in [-0.05, 0) is 24.3 Å². The van der Waals surface area contributed by atoms with E-state index in [0.717, 1.165) is 0 Å². The number of nitrogens with two attached hydrogens (primary N) is 1. The fourth-order valence-electron chi connectivity index (χ4n) is 2.18. The summed E-state index contributed by atoms with van der Waals surface area (Å²) >= 11 is 0. The minimum atomic E-state index is -0.461. The van der Waals surface area contributed by atoms with Gasteiger partial charge in [0.05, 0.1) is 12.0 Å². The quantitative estimate of drug-likeness (QED) is 0.383. The van der Waals surface area contributed by atoms with Gasteiger partial charge in [-0.3, -0.25) is 15.8 Å². The average Bonchev–Trinajstić information content (AvgIpc) is 3.08. The Morgan fingerprint density at radius 1 is 1.26 bits per heavy atom. The normalized spacial score (nSPS) is 16.0. The molecule has 0 saturated carbocycles. The van der Waals surface area contributed by atoms with Gasteiger partial charge < -0.3 is 4.42 Å². The number of hydrogen-bond donors (Lipinski definition) is 2. The molecule has 3 rings (SSSR count). The zero-order valence-corrected chi connectivity index (χ0v) is 12.1. The number of nitrogens with one attached hydrogen (secondary N) is 1. The van der Waals surface area contributed by atoms with Gasteiger partial charge in [-0.15, -0.1) is 0 Å². The van der Waals surface area contributed by atoms with Gasteiger partial charge in [-0.25, -0.2) is 14.7 Å². The Labute approximate surface area is 130 Å². The number of benzene rings is 1. The summed E-state index contributed by atoms with van der Waals surface area (Å²) in [5.74, 6) is 0.969. The maximum atomic E-state index is 11.8. The first-order valence-corrected chi connectivity index (χ1v) is 6.69. The van der Waals surface area contributed by atoms with E-state index in [0.29, 0.717) is 22.8 Å². The number of hydrogen-bond acceptors (Lipinski definition) is 5. The molecule has 0 radical (unpaired) electrons. The molecule has 116 valence electrons. The summed E-state index contributed by atoms with van der Waals surface area (Å²) in [4.78, 5) is 21.9.